The van der Waals surface area contributed by atoms with Crippen LogP contribution in [0.15, 0.2) is 42.5 Å². The van der Waals surface area contributed by atoms with Crippen molar-refractivity contribution < 1.29 is 0 Å². The molecule has 2 N–H and O–H groups in total. The summed E-state index contributed by atoms with van der Waals surface area (Å²) < 4.78 is 0. The van der Waals surface area contributed by atoms with Crippen molar-refractivity contribution >= 4 is 5.69 Å². The lowest BCUT2D eigenvalue weighted by molar-refractivity contribution is 0.425. The maximum absolute atomic E-state index is 5.98. The molecule has 3 rings (SSSR count). The van der Waals surface area contributed by atoms with Gasteiger partial charge in [0, 0.05) is 11.1 Å². The Morgan fingerprint density at radius 3 is 2.25 bits per heavy atom. The molecule has 0 heterocycles. The number of nitrogen functional groups attached to an aromatic ring is 1. The minimum Gasteiger partial charge on any atom is -0.399 e. The summed E-state index contributed by atoms with van der Waals surface area (Å²) in [5, 5.41) is 0. The van der Waals surface area contributed by atoms with E-state index in [1.807, 2.05) is 6.07 Å². The fourth-order valence-electron chi connectivity index (χ4n) is 3.91. The van der Waals surface area contributed by atoms with Gasteiger partial charge in [-0.3, -0.25) is 0 Å². The van der Waals surface area contributed by atoms with Crippen LogP contribution in [-0.2, 0) is 10.8 Å². The minimum absolute atomic E-state index is 0.0819. The van der Waals surface area contributed by atoms with Gasteiger partial charge in [0.1, 0.15) is 0 Å². The predicted molar refractivity (Wildman–Crippen MR) is 86.1 cm³/mol. The Balaban J connectivity index is 2.21. The van der Waals surface area contributed by atoms with Crippen LogP contribution in [-0.4, -0.2) is 0 Å². The first-order valence-electron chi connectivity index (χ1n) is 7.31. The molecule has 1 aliphatic carbocycles. The maximum atomic E-state index is 5.98. The summed E-state index contributed by atoms with van der Waals surface area (Å²) in [6, 6.07) is 15.4. The van der Waals surface area contributed by atoms with Gasteiger partial charge in [-0.2, -0.15) is 0 Å². The molecule has 1 aliphatic rings. The number of hydrogen-bond donors (Lipinski definition) is 1. The highest BCUT2D eigenvalue weighted by molar-refractivity contribution is 5.55. The van der Waals surface area contributed by atoms with Crippen LogP contribution in [0.3, 0.4) is 0 Å². The average molecular weight is 265 g/mol. The number of aryl methyl sites for hydroxylation is 1. The summed E-state index contributed by atoms with van der Waals surface area (Å²) in [5.74, 6) is 0. The first-order valence-corrected chi connectivity index (χ1v) is 7.31. The molecule has 0 fully saturated rings. The molecule has 0 saturated heterocycles. The van der Waals surface area contributed by atoms with Crippen LogP contribution >= 0.6 is 0 Å². The van der Waals surface area contributed by atoms with E-state index in [-0.39, 0.29) is 10.8 Å². The van der Waals surface area contributed by atoms with E-state index in [0.29, 0.717) is 0 Å². The molecule has 2 aromatic carbocycles. The molecule has 0 aromatic heterocycles. The molecule has 1 unspecified atom stereocenters. The van der Waals surface area contributed by atoms with Crippen molar-refractivity contribution in [3.63, 3.8) is 0 Å². The first-order chi connectivity index (χ1) is 9.34. The first kappa shape index (κ1) is 13.2. The van der Waals surface area contributed by atoms with Gasteiger partial charge in [-0.05, 0) is 47.1 Å². The molecule has 0 saturated carbocycles. The lowest BCUT2D eigenvalue weighted by Crippen LogP contribution is -2.23. The average Bonchev–Trinajstić information content (AvgIpc) is 2.62. The predicted octanol–water partition coefficient (Wildman–Crippen LogP) is 4.56. The molecule has 1 heteroatoms. The number of hydrogen-bond acceptors (Lipinski definition) is 1. The Morgan fingerprint density at radius 1 is 0.950 bits per heavy atom. The van der Waals surface area contributed by atoms with Gasteiger partial charge < -0.3 is 5.73 Å². The third kappa shape index (κ3) is 1.76. The van der Waals surface area contributed by atoms with Crippen molar-refractivity contribution in [2.45, 2.75) is 44.9 Å². The number of anilines is 1. The largest absolute Gasteiger partial charge is 0.399 e. The zero-order chi connectivity index (χ0) is 14.5. The van der Waals surface area contributed by atoms with Crippen molar-refractivity contribution in [1.82, 2.24) is 0 Å². The second-order valence-electron chi connectivity index (χ2n) is 7.01. The molecule has 0 amide bonds. The monoisotopic (exact) mass is 265 g/mol. The molecule has 20 heavy (non-hydrogen) atoms. The second-order valence-corrected chi connectivity index (χ2v) is 7.01. The van der Waals surface area contributed by atoms with Crippen LogP contribution < -0.4 is 5.73 Å². The molecule has 0 bridgehead atoms. The van der Waals surface area contributed by atoms with E-state index in [0.717, 1.165) is 12.1 Å². The SMILES string of the molecule is Cc1cc(C2(C)CC(C)(C)c3ccccc32)ccc1N. The van der Waals surface area contributed by atoms with Crippen LogP contribution in [0.2, 0.25) is 0 Å². The number of rotatable bonds is 1. The van der Waals surface area contributed by atoms with Crippen molar-refractivity contribution in [1.29, 1.82) is 0 Å². The zero-order valence-corrected chi connectivity index (χ0v) is 12.8. The number of fused-ring (bicyclic) bond motifs is 1. The molecular weight excluding hydrogens is 242 g/mol. The van der Waals surface area contributed by atoms with Crippen molar-refractivity contribution in [3.8, 4) is 0 Å². The smallest absolute Gasteiger partial charge is 0.0343 e. The summed E-state index contributed by atoms with van der Waals surface area (Å²) in [6.45, 7) is 9.15. The maximum Gasteiger partial charge on any atom is 0.0343 e. The molecule has 104 valence electrons. The van der Waals surface area contributed by atoms with E-state index < -0.39 is 0 Å². The Hall–Kier alpha value is -1.76. The Morgan fingerprint density at radius 2 is 1.60 bits per heavy atom. The summed E-state index contributed by atoms with van der Waals surface area (Å²) in [7, 11) is 0. The summed E-state index contributed by atoms with van der Waals surface area (Å²) in [5.41, 5.74) is 12.7. The zero-order valence-electron chi connectivity index (χ0n) is 12.8. The van der Waals surface area contributed by atoms with E-state index in [4.69, 9.17) is 5.73 Å². The normalized spacial score (nSPS) is 23.6. The van der Waals surface area contributed by atoms with E-state index in [1.54, 1.807) is 0 Å². The van der Waals surface area contributed by atoms with Gasteiger partial charge in [-0.1, -0.05) is 57.2 Å². The highest BCUT2D eigenvalue weighted by atomic mass is 14.6. The molecule has 1 nitrogen and oxygen atoms in total. The van der Waals surface area contributed by atoms with Crippen LogP contribution in [0.4, 0.5) is 5.69 Å². The summed E-state index contributed by atoms with van der Waals surface area (Å²) in [4.78, 5) is 0. The van der Waals surface area contributed by atoms with Crippen molar-refractivity contribution in [3.05, 3.63) is 64.7 Å². The lowest BCUT2D eigenvalue weighted by Gasteiger charge is -2.29. The van der Waals surface area contributed by atoms with Gasteiger partial charge in [0.05, 0.1) is 0 Å². The molecular formula is C19H23N. The van der Waals surface area contributed by atoms with Crippen LogP contribution in [0.1, 0.15) is 49.4 Å². The fraction of sp³-hybridized carbons (Fsp3) is 0.368. The van der Waals surface area contributed by atoms with Gasteiger partial charge in [0.2, 0.25) is 0 Å². The highest BCUT2D eigenvalue weighted by Gasteiger charge is 2.45. The molecule has 1 atom stereocenters. The van der Waals surface area contributed by atoms with Gasteiger partial charge >= 0.3 is 0 Å². The van der Waals surface area contributed by atoms with E-state index in [9.17, 15) is 0 Å². The van der Waals surface area contributed by atoms with Crippen LogP contribution in [0, 0.1) is 6.92 Å². The Kier molecular flexibility index (Phi) is 2.72. The molecule has 0 aliphatic heterocycles. The topological polar surface area (TPSA) is 26.0 Å². The van der Waals surface area contributed by atoms with Gasteiger partial charge in [-0.15, -0.1) is 0 Å². The van der Waals surface area contributed by atoms with Crippen molar-refractivity contribution in [2.75, 3.05) is 5.73 Å². The summed E-state index contributed by atoms with van der Waals surface area (Å²) >= 11 is 0. The lowest BCUT2D eigenvalue weighted by atomic mass is 9.74. The third-order valence-electron chi connectivity index (χ3n) is 4.95. The van der Waals surface area contributed by atoms with Gasteiger partial charge in [0.15, 0.2) is 0 Å². The Labute approximate surface area is 121 Å². The highest BCUT2D eigenvalue weighted by Crippen LogP contribution is 2.52. The molecule has 2 aromatic rings. The van der Waals surface area contributed by atoms with Crippen molar-refractivity contribution in [2.24, 2.45) is 0 Å². The van der Waals surface area contributed by atoms with E-state index in [1.165, 1.54) is 22.3 Å². The standard InChI is InChI=1S/C19H23N/c1-13-11-14(9-10-17(13)20)19(4)12-18(2,3)15-7-5-6-8-16(15)19/h5-11H,12,20H2,1-4H3. The second kappa shape index (κ2) is 4.12. The quantitative estimate of drug-likeness (QED) is 0.751. The fourth-order valence-corrected chi connectivity index (χ4v) is 3.91. The number of benzene rings is 2. The molecule has 0 spiro atoms. The minimum atomic E-state index is 0.0819. The van der Waals surface area contributed by atoms with Gasteiger partial charge in [0.25, 0.3) is 0 Å². The van der Waals surface area contributed by atoms with Gasteiger partial charge in [-0.25, -0.2) is 0 Å². The third-order valence-corrected chi connectivity index (χ3v) is 4.95. The Bertz CT molecular complexity index is 669. The van der Waals surface area contributed by atoms with E-state index in [2.05, 4.69) is 64.1 Å². The van der Waals surface area contributed by atoms with Crippen LogP contribution in [0.25, 0.3) is 0 Å². The number of nitrogens with two attached hydrogens (primary N) is 1. The van der Waals surface area contributed by atoms with E-state index >= 15 is 0 Å². The molecule has 0 radical (unpaired) electrons. The summed E-state index contributed by atoms with van der Waals surface area (Å²) in [6.07, 6.45) is 1.14. The van der Waals surface area contributed by atoms with Crippen LogP contribution in [0.5, 0.6) is 0 Å².